The lowest BCUT2D eigenvalue weighted by Crippen LogP contribution is -2.48. The number of halogens is 3. The number of hydrogen-bond acceptors (Lipinski definition) is 4. The van der Waals surface area contributed by atoms with Gasteiger partial charge in [-0.05, 0) is 37.6 Å². The molecule has 1 aromatic rings. The molecule has 0 saturated carbocycles. The predicted molar refractivity (Wildman–Crippen MR) is 98.1 cm³/mol. The third kappa shape index (κ3) is 4.86. The average Bonchev–Trinajstić information content (AvgIpc) is 3.05. The maximum absolute atomic E-state index is 12.8. The summed E-state index contributed by atoms with van der Waals surface area (Å²) in [6.07, 6.45) is 1.76. The number of carbonyl (C=O) groups excluding carboxylic acids is 1. The fourth-order valence-corrected chi connectivity index (χ4v) is 4.70. The highest BCUT2D eigenvalue weighted by molar-refractivity contribution is 9.10. The lowest BCUT2D eigenvalue weighted by atomic mass is 10.1. The molecule has 2 saturated heterocycles. The molecule has 1 amide bonds. The lowest BCUT2D eigenvalue weighted by Gasteiger charge is -2.32. The van der Waals surface area contributed by atoms with Crippen molar-refractivity contribution in [2.45, 2.75) is 32.0 Å². The zero-order valence-corrected chi connectivity index (χ0v) is 16.2. The van der Waals surface area contributed by atoms with E-state index in [1.165, 1.54) is 0 Å². The molecule has 0 spiro atoms. The summed E-state index contributed by atoms with van der Waals surface area (Å²) in [6, 6.07) is 4.84. The monoisotopic (exact) mass is 434 g/mol. The minimum absolute atomic E-state index is 0.165. The first-order chi connectivity index (χ1) is 12.0. The Morgan fingerprint density at radius 3 is 2.80 bits per heavy atom. The fraction of sp³-hybridized carbons (Fsp3) is 0.588. The van der Waals surface area contributed by atoms with Crippen LogP contribution in [-0.2, 0) is 11.3 Å². The minimum atomic E-state index is -2.86. The summed E-state index contributed by atoms with van der Waals surface area (Å²) in [5.74, 6) is 2.31. The van der Waals surface area contributed by atoms with Crippen LogP contribution in [0.25, 0.3) is 0 Å². The molecule has 1 aromatic carbocycles. The molecular weight excluding hydrogens is 414 g/mol. The highest BCUT2D eigenvalue weighted by Gasteiger charge is 2.34. The van der Waals surface area contributed by atoms with E-state index in [0.29, 0.717) is 12.1 Å². The number of likely N-dealkylation sites (tertiary alicyclic amines) is 1. The lowest BCUT2D eigenvalue weighted by molar-refractivity contribution is -0.135. The van der Waals surface area contributed by atoms with E-state index in [0.717, 1.165) is 48.5 Å². The van der Waals surface area contributed by atoms with Crippen molar-refractivity contribution in [1.82, 2.24) is 9.80 Å². The van der Waals surface area contributed by atoms with Crippen molar-refractivity contribution in [3.05, 3.63) is 28.2 Å². The van der Waals surface area contributed by atoms with Crippen LogP contribution in [0, 0.1) is 0 Å². The largest absolute Gasteiger partial charge is 0.434 e. The topological polar surface area (TPSA) is 32.8 Å². The van der Waals surface area contributed by atoms with E-state index < -0.39 is 6.61 Å². The molecule has 4 nitrogen and oxygen atoms in total. The van der Waals surface area contributed by atoms with Crippen LogP contribution in [0.3, 0.4) is 0 Å². The summed E-state index contributed by atoms with van der Waals surface area (Å²) in [6.45, 7) is -0.0449. The van der Waals surface area contributed by atoms with Gasteiger partial charge in [0.05, 0.1) is 6.04 Å². The quantitative estimate of drug-likeness (QED) is 0.708. The first-order valence-electron chi connectivity index (χ1n) is 8.38. The molecule has 2 aliphatic heterocycles. The highest BCUT2D eigenvalue weighted by atomic mass is 79.9. The maximum Gasteiger partial charge on any atom is 0.387 e. The third-order valence-corrected chi connectivity index (χ3v) is 6.02. The molecule has 2 aliphatic rings. The second-order valence-electron chi connectivity index (χ2n) is 6.20. The number of hydrogen-bond donors (Lipinski definition) is 0. The summed E-state index contributed by atoms with van der Waals surface area (Å²) < 4.78 is 30.8. The SMILES string of the molecule is O=C(C1CCCN1Cc1cc(Br)ccc1OC(F)F)N1CCSCC1. The molecule has 0 aliphatic carbocycles. The van der Waals surface area contributed by atoms with E-state index in [2.05, 4.69) is 25.6 Å². The van der Waals surface area contributed by atoms with E-state index >= 15 is 0 Å². The van der Waals surface area contributed by atoms with Gasteiger partial charge in [0.2, 0.25) is 5.91 Å². The Labute approximate surface area is 159 Å². The van der Waals surface area contributed by atoms with Gasteiger partial charge < -0.3 is 9.64 Å². The van der Waals surface area contributed by atoms with E-state index in [1.54, 1.807) is 18.2 Å². The van der Waals surface area contributed by atoms with Gasteiger partial charge in [0.15, 0.2) is 0 Å². The van der Waals surface area contributed by atoms with Crippen LogP contribution < -0.4 is 4.74 Å². The molecule has 0 bridgehead atoms. The standard InChI is InChI=1S/C17H21BrF2N2O2S/c18-13-3-4-15(24-17(19)20)12(10-13)11-22-5-1-2-14(22)16(23)21-6-8-25-9-7-21/h3-4,10,14,17H,1-2,5-9,11H2. The van der Waals surface area contributed by atoms with Crippen LogP contribution >= 0.6 is 27.7 Å². The molecule has 1 unspecified atom stereocenters. The molecule has 25 heavy (non-hydrogen) atoms. The van der Waals surface area contributed by atoms with Gasteiger partial charge in [-0.3, -0.25) is 9.69 Å². The first kappa shape index (κ1) is 18.9. The van der Waals surface area contributed by atoms with E-state index in [1.807, 2.05) is 16.7 Å². The second kappa shape index (κ2) is 8.68. The average molecular weight is 435 g/mol. The van der Waals surface area contributed by atoms with E-state index in [4.69, 9.17) is 0 Å². The zero-order valence-electron chi connectivity index (χ0n) is 13.8. The number of benzene rings is 1. The van der Waals surface area contributed by atoms with Crippen LogP contribution in [0.2, 0.25) is 0 Å². The molecule has 0 aromatic heterocycles. The molecule has 0 radical (unpaired) electrons. The molecule has 2 heterocycles. The summed E-state index contributed by atoms with van der Waals surface area (Å²) in [5.41, 5.74) is 0.670. The molecular formula is C17H21BrF2N2O2S. The van der Waals surface area contributed by atoms with E-state index in [-0.39, 0.29) is 17.7 Å². The number of carbonyl (C=O) groups is 1. The third-order valence-electron chi connectivity index (χ3n) is 4.58. The fourth-order valence-electron chi connectivity index (χ4n) is 3.39. The Bertz CT molecular complexity index is 614. The van der Waals surface area contributed by atoms with Crippen LogP contribution in [0.5, 0.6) is 5.75 Å². The van der Waals surface area contributed by atoms with Crippen LogP contribution in [0.15, 0.2) is 22.7 Å². The van der Waals surface area contributed by atoms with Crippen molar-refractivity contribution in [2.24, 2.45) is 0 Å². The van der Waals surface area contributed by atoms with Gasteiger partial charge in [-0.1, -0.05) is 15.9 Å². The van der Waals surface area contributed by atoms with Gasteiger partial charge in [0.1, 0.15) is 5.75 Å². The van der Waals surface area contributed by atoms with E-state index in [9.17, 15) is 13.6 Å². The zero-order chi connectivity index (χ0) is 17.8. The first-order valence-corrected chi connectivity index (χ1v) is 10.3. The minimum Gasteiger partial charge on any atom is -0.434 e. The highest BCUT2D eigenvalue weighted by Crippen LogP contribution is 2.29. The Balaban J connectivity index is 1.73. The Morgan fingerprint density at radius 1 is 1.32 bits per heavy atom. The summed E-state index contributed by atoms with van der Waals surface area (Å²) in [4.78, 5) is 16.9. The normalized spacial score (nSPS) is 21.8. The molecule has 8 heteroatoms. The smallest absolute Gasteiger partial charge is 0.387 e. The molecule has 0 N–H and O–H groups in total. The van der Waals surface area contributed by atoms with Crippen molar-refractivity contribution in [3.63, 3.8) is 0 Å². The molecule has 1 atom stereocenters. The Kier molecular flexibility index (Phi) is 6.57. The van der Waals surface area contributed by atoms with Gasteiger partial charge in [0, 0.05) is 41.2 Å². The van der Waals surface area contributed by atoms with Crippen molar-refractivity contribution in [1.29, 1.82) is 0 Å². The van der Waals surface area contributed by atoms with Crippen LogP contribution in [0.1, 0.15) is 18.4 Å². The Hall–Kier alpha value is -0.860. The number of rotatable bonds is 5. The molecule has 2 fully saturated rings. The van der Waals surface area contributed by atoms with Crippen molar-refractivity contribution in [3.8, 4) is 5.75 Å². The summed E-state index contributed by atoms with van der Waals surface area (Å²) in [5, 5.41) is 0. The number of ether oxygens (including phenoxy) is 1. The molecule has 3 rings (SSSR count). The van der Waals surface area contributed by atoms with Crippen molar-refractivity contribution in [2.75, 3.05) is 31.1 Å². The van der Waals surface area contributed by atoms with Gasteiger partial charge in [-0.2, -0.15) is 20.5 Å². The summed E-state index contributed by atoms with van der Waals surface area (Å²) >= 11 is 5.25. The second-order valence-corrected chi connectivity index (χ2v) is 8.34. The number of nitrogens with zero attached hydrogens (tertiary/aromatic N) is 2. The summed E-state index contributed by atoms with van der Waals surface area (Å²) in [7, 11) is 0. The molecule has 138 valence electrons. The van der Waals surface area contributed by atoms with Gasteiger partial charge in [-0.15, -0.1) is 0 Å². The maximum atomic E-state index is 12.8. The van der Waals surface area contributed by atoms with Crippen LogP contribution in [0.4, 0.5) is 8.78 Å². The Morgan fingerprint density at radius 2 is 2.08 bits per heavy atom. The van der Waals surface area contributed by atoms with Crippen LogP contribution in [-0.4, -0.2) is 59.5 Å². The number of alkyl halides is 2. The van der Waals surface area contributed by atoms with Crippen molar-refractivity contribution >= 4 is 33.6 Å². The van der Waals surface area contributed by atoms with Gasteiger partial charge in [0.25, 0.3) is 0 Å². The van der Waals surface area contributed by atoms with Crippen molar-refractivity contribution < 1.29 is 18.3 Å². The number of thioether (sulfide) groups is 1. The number of amides is 1. The van der Waals surface area contributed by atoms with Gasteiger partial charge in [-0.25, -0.2) is 0 Å². The van der Waals surface area contributed by atoms with Gasteiger partial charge >= 0.3 is 6.61 Å². The predicted octanol–water partition coefficient (Wildman–Crippen LogP) is 3.59.